The Labute approximate surface area is 113 Å². The van der Waals surface area contributed by atoms with Crippen LogP contribution in [-0.2, 0) is 6.42 Å². The molecule has 1 atom stereocenters. The molecule has 6 heteroatoms. The maximum atomic E-state index is 6.13. The maximum Gasteiger partial charge on any atom is 0.227 e. The number of hydrogen-bond acceptors (Lipinski definition) is 4. The van der Waals surface area contributed by atoms with Crippen LogP contribution in [0.15, 0.2) is 6.33 Å². The molecule has 4 rings (SSSR count). The molecule has 3 aromatic rings. The van der Waals surface area contributed by atoms with Crippen molar-refractivity contribution < 1.29 is 0 Å². The van der Waals surface area contributed by atoms with Crippen LogP contribution in [0.3, 0.4) is 0 Å². The zero-order chi connectivity index (χ0) is 12.3. The van der Waals surface area contributed by atoms with Crippen molar-refractivity contribution in [1.29, 1.82) is 0 Å². The lowest BCUT2D eigenvalue weighted by atomic mass is 9.87. The largest absolute Gasteiger partial charge is 0.227 e. The van der Waals surface area contributed by atoms with Gasteiger partial charge in [0.05, 0.1) is 5.39 Å². The summed E-state index contributed by atoms with van der Waals surface area (Å²) in [5.74, 6) is 0.575. The van der Waals surface area contributed by atoms with E-state index in [4.69, 9.17) is 11.6 Å². The molecular formula is C12H11ClN4S. The van der Waals surface area contributed by atoms with E-state index in [-0.39, 0.29) is 0 Å². The zero-order valence-electron chi connectivity index (χ0n) is 9.85. The second kappa shape index (κ2) is 3.65. The number of halogens is 1. The van der Waals surface area contributed by atoms with E-state index in [1.54, 1.807) is 22.2 Å². The first-order valence-corrected chi connectivity index (χ1v) is 7.25. The van der Waals surface area contributed by atoms with Gasteiger partial charge in [-0.05, 0) is 42.3 Å². The van der Waals surface area contributed by atoms with E-state index in [1.807, 2.05) is 0 Å². The average molecular weight is 279 g/mol. The minimum absolute atomic E-state index is 0.390. The number of aromatic nitrogens is 4. The van der Waals surface area contributed by atoms with E-state index in [2.05, 4.69) is 22.0 Å². The first-order chi connectivity index (χ1) is 8.75. The lowest BCUT2D eigenvalue weighted by molar-refractivity contribution is 0.602. The summed E-state index contributed by atoms with van der Waals surface area (Å²) >= 11 is 7.89. The van der Waals surface area contributed by atoms with E-state index >= 15 is 0 Å². The van der Waals surface area contributed by atoms with E-state index < -0.39 is 0 Å². The molecule has 1 aliphatic carbocycles. The molecule has 0 saturated heterocycles. The van der Waals surface area contributed by atoms with Crippen LogP contribution in [0.25, 0.3) is 15.9 Å². The van der Waals surface area contributed by atoms with Crippen LogP contribution in [-0.4, -0.2) is 19.6 Å². The summed E-state index contributed by atoms with van der Waals surface area (Å²) in [5, 5.41) is 5.68. The van der Waals surface area contributed by atoms with Gasteiger partial charge >= 0.3 is 0 Å². The predicted octanol–water partition coefficient (Wildman–Crippen LogP) is 3.43. The minimum atomic E-state index is 0.390. The van der Waals surface area contributed by atoms with E-state index in [9.17, 15) is 0 Å². The summed E-state index contributed by atoms with van der Waals surface area (Å²) in [6, 6.07) is 0. The Hall–Kier alpha value is -1.20. The molecule has 0 N–H and O–H groups in total. The third kappa shape index (κ3) is 1.29. The molecule has 0 spiro atoms. The van der Waals surface area contributed by atoms with Gasteiger partial charge in [0, 0.05) is 4.88 Å². The summed E-state index contributed by atoms with van der Waals surface area (Å²) < 4.78 is 1.62. The van der Waals surface area contributed by atoms with Crippen LogP contribution >= 0.6 is 22.9 Å². The van der Waals surface area contributed by atoms with Gasteiger partial charge in [0.25, 0.3) is 0 Å². The number of hydrogen-bond donors (Lipinski definition) is 0. The number of thiophene rings is 1. The summed E-state index contributed by atoms with van der Waals surface area (Å²) in [7, 11) is 0. The Morgan fingerprint density at radius 3 is 3.28 bits per heavy atom. The summed E-state index contributed by atoms with van der Waals surface area (Å²) in [5.41, 5.74) is 2.26. The Balaban J connectivity index is 2.22. The fourth-order valence-electron chi connectivity index (χ4n) is 2.87. The number of aryl methyl sites for hydroxylation is 1. The third-order valence-electron chi connectivity index (χ3n) is 3.68. The summed E-state index contributed by atoms with van der Waals surface area (Å²) in [4.78, 5) is 11.3. The molecule has 0 amide bonds. The van der Waals surface area contributed by atoms with Crippen LogP contribution in [0.2, 0.25) is 5.28 Å². The Kier molecular flexibility index (Phi) is 2.17. The Bertz CT molecular complexity index is 760. The molecule has 0 aromatic carbocycles. The molecule has 0 aliphatic heterocycles. The van der Waals surface area contributed by atoms with Crippen molar-refractivity contribution in [1.82, 2.24) is 19.6 Å². The highest BCUT2D eigenvalue weighted by Crippen LogP contribution is 2.42. The van der Waals surface area contributed by atoms with Crippen molar-refractivity contribution in [3.63, 3.8) is 0 Å². The summed E-state index contributed by atoms with van der Waals surface area (Å²) in [6.45, 7) is 2.28. The second-order valence-corrected chi connectivity index (χ2v) is 6.21. The highest BCUT2D eigenvalue weighted by Gasteiger charge is 2.25. The van der Waals surface area contributed by atoms with E-state index in [0.29, 0.717) is 11.2 Å². The van der Waals surface area contributed by atoms with Gasteiger partial charge in [-0.3, -0.25) is 0 Å². The molecule has 3 heterocycles. The number of nitrogens with zero attached hydrogens (tertiary/aromatic N) is 4. The van der Waals surface area contributed by atoms with Crippen LogP contribution in [0.1, 0.15) is 36.1 Å². The molecule has 18 heavy (non-hydrogen) atoms. The van der Waals surface area contributed by atoms with Gasteiger partial charge in [0.15, 0.2) is 5.65 Å². The quantitative estimate of drug-likeness (QED) is 0.592. The van der Waals surface area contributed by atoms with Gasteiger partial charge in [0.1, 0.15) is 11.2 Å². The van der Waals surface area contributed by atoms with Crippen molar-refractivity contribution >= 4 is 38.8 Å². The minimum Gasteiger partial charge on any atom is -0.214 e. The molecule has 1 aliphatic rings. The Morgan fingerprint density at radius 2 is 2.39 bits per heavy atom. The zero-order valence-corrected chi connectivity index (χ0v) is 11.4. The van der Waals surface area contributed by atoms with Crippen molar-refractivity contribution in [3.8, 4) is 0 Å². The lowest BCUT2D eigenvalue weighted by Crippen LogP contribution is -2.04. The van der Waals surface area contributed by atoms with Gasteiger partial charge in [-0.15, -0.1) is 11.3 Å². The second-order valence-electron chi connectivity index (χ2n) is 4.79. The highest BCUT2D eigenvalue weighted by molar-refractivity contribution is 7.19. The maximum absolute atomic E-state index is 6.13. The molecule has 92 valence electrons. The topological polar surface area (TPSA) is 43.1 Å². The van der Waals surface area contributed by atoms with Crippen LogP contribution in [0, 0.1) is 0 Å². The average Bonchev–Trinajstić information content (AvgIpc) is 2.92. The van der Waals surface area contributed by atoms with E-state index in [1.165, 1.54) is 23.3 Å². The molecule has 0 fully saturated rings. The first kappa shape index (κ1) is 10.7. The summed E-state index contributed by atoms with van der Waals surface area (Å²) in [6.07, 6.45) is 5.19. The molecule has 0 radical (unpaired) electrons. The van der Waals surface area contributed by atoms with Crippen molar-refractivity contribution in [3.05, 3.63) is 22.1 Å². The van der Waals surface area contributed by atoms with Crippen molar-refractivity contribution in [2.24, 2.45) is 0 Å². The monoisotopic (exact) mass is 278 g/mol. The Morgan fingerprint density at radius 1 is 1.50 bits per heavy atom. The van der Waals surface area contributed by atoms with Gasteiger partial charge in [-0.25, -0.2) is 9.97 Å². The predicted molar refractivity (Wildman–Crippen MR) is 72.5 cm³/mol. The molecule has 4 nitrogen and oxygen atoms in total. The number of fused-ring (bicyclic) bond motifs is 5. The fraction of sp³-hybridized carbons (Fsp3) is 0.417. The van der Waals surface area contributed by atoms with Gasteiger partial charge in [0.2, 0.25) is 5.28 Å². The third-order valence-corrected chi connectivity index (χ3v) is 5.08. The van der Waals surface area contributed by atoms with Crippen molar-refractivity contribution in [2.45, 2.75) is 32.1 Å². The smallest absolute Gasteiger partial charge is 0.214 e. The highest BCUT2D eigenvalue weighted by atomic mass is 35.5. The van der Waals surface area contributed by atoms with Gasteiger partial charge in [-0.1, -0.05) is 6.92 Å². The van der Waals surface area contributed by atoms with Crippen LogP contribution < -0.4 is 0 Å². The normalized spacial score (nSPS) is 19.6. The van der Waals surface area contributed by atoms with Gasteiger partial charge in [-0.2, -0.15) is 9.61 Å². The molecule has 0 unspecified atom stereocenters. The van der Waals surface area contributed by atoms with Crippen LogP contribution in [0.5, 0.6) is 0 Å². The fourth-order valence-corrected chi connectivity index (χ4v) is 4.46. The van der Waals surface area contributed by atoms with Crippen molar-refractivity contribution in [2.75, 3.05) is 0 Å². The molecule has 0 saturated carbocycles. The van der Waals surface area contributed by atoms with Gasteiger partial charge < -0.3 is 0 Å². The first-order valence-electron chi connectivity index (χ1n) is 6.06. The van der Waals surface area contributed by atoms with E-state index in [0.717, 1.165) is 22.3 Å². The SMILES string of the molecule is C[C@H]1CCCc2sc3nc(Cl)n4ncnc4c3c21. The molecule has 3 aromatic heterocycles. The molecular weight excluding hydrogens is 268 g/mol. The standard InChI is InChI=1S/C12H11ClN4S/c1-6-3-2-4-7-8(6)9-10-14-5-15-17(10)12(13)16-11(9)18-7/h5-6H,2-4H2,1H3/t6-/m0/s1. The number of rotatable bonds is 0. The lowest BCUT2D eigenvalue weighted by Gasteiger charge is -2.18. The molecule has 0 bridgehead atoms. The van der Waals surface area contributed by atoms with Crippen LogP contribution in [0.4, 0.5) is 0 Å².